The van der Waals surface area contributed by atoms with Crippen molar-refractivity contribution >= 4 is 39.5 Å². The predicted molar refractivity (Wildman–Crippen MR) is 423 cm³/mol. The van der Waals surface area contributed by atoms with Gasteiger partial charge in [-0.2, -0.15) is 0 Å². The van der Waals surface area contributed by atoms with Crippen molar-refractivity contribution in [1.82, 2.24) is 0 Å². The molecule has 0 radical (unpaired) electrons. The topological polar surface area (TPSA) is 237 Å². The van der Waals surface area contributed by atoms with Crippen molar-refractivity contribution in [2.45, 2.75) is 458 Å². The van der Waals surface area contributed by atoms with Gasteiger partial charge in [-0.15, -0.1) is 0 Å². The van der Waals surface area contributed by atoms with Crippen LogP contribution >= 0.6 is 15.6 Å². The number of phosphoric ester groups is 2. The van der Waals surface area contributed by atoms with E-state index in [-0.39, 0.29) is 25.7 Å². The summed E-state index contributed by atoms with van der Waals surface area (Å²) in [5.41, 5.74) is 0. The zero-order chi connectivity index (χ0) is 75.8. The van der Waals surface area contributed by atoms with Crippen LogP contribution in [0.5, 0.6) is 0 Å². The molecule has 0 aliphatic rings. The largest absolute Gasteiger partial charge is 0.472 e. The Balaban J connectivity index is 5.27. The van der Waals surface area contributed by atoms with E-state index in [1.54, 1.807) is 0 Å². The van der Waals surface area contributed by atoms with Crippen LogP contribution in [0.25, 0.3) is 0 Å². The Morgan fingerprint density at radius 2 is 0.495 bits per heavy atom. The van der Waals surface area contributed by atoms with Crippen LogP contribution in [-0.2, 0) is 65.4 Å². The van der Waals surface area contributed by atoms with Crippen LogP contribution < -0.4 is 0 Å². The number of aliphatic hydroxyl groups excluding tert-OH is 1. The maximum Gasteiger partial charge on any atom is 0.472 e. The van der Waals surface area contributed by atoms with E-state index in [1.807, 2.05) is 0 Å². The number of carbonyl (C=O) groups excluding carboxylic acids is 4. The number of carbonyl (C=O) groups is 4. The highest BCUT2D eigenvalue weighted by Gasteiger charge is 2.30. The highest BCUT2D eigenvalue weighted by molar-refractivity contribution is 7.47. The molecule has 17 nitrogen and oxygen atoms in total. The van der Waals surface area contributed by atoms with Crippen LogP contribution in [0.1, 0.15) is 440 Å². The number of phosphoric acid groups is 2. The van der Waals surface area contributed by atoms with Gasteiger partial charge in [-0.25, -0.2) is 9.13 Å². The predicted octanol–water partition coefficient (Wildman–Crippen LogP) is 25.3. The van der Waals surface area contributed by atoms with E-state index >= 15 is 0 Å². The van der Waals surface area contributed by atoms with Gasteiger partial charge in [0.25, 0.3) is 0 Å². The van der Waals surface area contributed by atoms with E-state index in [0.29, 0.717) is 25.7 Å². The Labute approximate surface area is 632 Å². The third kappa shape index (κ3) is 76.6. The van der Waals surface area contributed by atoms with E-state index in [0.717, 1.165) is 108 Å². The maximum atomic E-state index is 13.1. The Kier molecular flexibility index (Phi) is 72.8. The van der Waals surface area contributed by atoms with Gasteiger partial charge in [0.1, 0.15) is 19.3 Å². The van der Waals surface area contributed by atoms with E-state index in [9.17, 15) is 43.2 Å². The molecule has 0 aromatic heterocycles. The molecule has 3 N–H and O–H groups in total. The molecule has 0 aliphatic carbocycles. The second-order valence-electron chi connectivity index (χ2n) is 31.4. The summed E-state index contributed by atoms with van der Waals surface area (Å²) in [5.74, 6) is 0.270. The quantitative estimate of drug-likeness (QED) is 0.0222. The maximum absolute atomic E-state index is 13.1. The lowest BCUT2D eigenvalue weighted by atomic mass is 9.99. The first-order chi connectivity index (χ1) is 49.8. The zero-order valence-electron chi connectivity index (χ0n) is 67.8. The second-order valence-corrected chi connectivity index (χ2v) is 34.3. The average Bonchev–Trinajstić information content (AvgIpc) is 0.916. The van der Waals surface area contributed by atoms with Gasteiger partial charge < -0.3 is 33.8 Å². The minimum absolute atomic E-state index is 0.107. The lowest BCUT2D eigenvalue weighted by molar-refractivity contribution is -0.161. The number of ether oxygens (including phenoxy) is 4. The molecule has 0 spiro atoms. The molecule has 612 valence electrons. The molecule has 0 aliphatic heterocycles. The first kappa shape index (κ1) is 101. The molecule has 0 bridgehead atoms. The molecule has 0 saturated carbocycles. The summed E-state index contributed by atoms with van der Waals surface area (Å²) in [6, 6.07) is 0. The van der Waals surface area contributed by atoms with Crippen LogP contribution in [0.3, 0.4) is 0 Å². The third-order valence-corrected chi connectivity index (χ3v) is 21.9. The number of rotatable bonds is 82. The molecular weight excluding hydrogens is 1340 g/mol. The second kappa shape index (κ2) is 74.2. The van der Waals surface area contributed by atoms with Gasteiger partial charge in [0.15, 0.2) is 12.2 Å². The number of unbranched alkanes of at least 4 members (excludes halogenated alkanes) is 49. The monoisotopic (exact) mass is 1510 g/mol. The highest BCUT2D eigenvalue weighted by atomic mass is 31.2. The van der Waals surface area contributed by atoms with E-state index in [1.165, 1.54) is 250 Å². The van der Waals surface area contributed by atoms with Crippen molar-refractivity contribution in [1.29, 1.82) is 0 Å². The number of aliphatic hydroxyl groups is 1. The first-order valence-corrected chi connectivity index (χ1v) is 46.4. The molecule has 0 saturated heterocycles. The summed E-state index contributed by atoms with van der Waals surface area (Å²) in [6.45, 7) is 12.0. The van der Waals surface area contributed by atoms with Gasteiger partial charge in [-0.3, -0.25) is 37.3 Å². The fourth-order valence-corrected chi connectivity index (χ4v) is 14.6. The number of hydrogen-bond donors (Lipinski definition) is 3. The molecule has 19 heteroatoms. The van der Waals surface area contributed by atoms with E-state index < -0.39 is 97.5 Å². The van der Waals surface area contributed by atoms with Gasteiger partial charge in [-0.1, -0.05) is 389 Å². The molecule has 6 atom stereocenters. The van der Waals surface area contributed by atoms with Gasteiger partial charge in [0.05, 0.1) is 26.4 Å². The molecule has 0 aromatic rings. The van der Waals surface area contributed by atoms with Crippen LogP contribution in [0.15, 0.2) is 0 Å². The highest BCUT2D eigenvalue weighted by Crippen LogP contribution is 2.45. The van der Waals surface area contributed by atoms with Crippen LogP contribution in [-0.4, -0.2) is 96.7 Å². The first-order valence-electron chi connectivity index (χ1n) is 43.4. The number of hydrogen-bond acceptors (Lipinski definition) is 15. The van der Waals surface area contributed by atoms with E-state index in [4.69, 9.17) is 37.0 Å². The van der Waals surface area contributed by atoms with Crippen LogP contribution in [0.4, 0.5) is 0 Å². The van der Waals surface area contributed by atoms with Crippen molar-refractivity contribution < 1.29 is 80.2 Å². The average molecular weight is 1510 g/mol. The van der Waals surface area contributed by atoms with Crippen LogP contribution in [0, 0.1) is 17.8 Å². The normalized spacial score (nSPS) is 14.2. The minimum Gasteiger partial charge on any atom is -0.462 e. The molecule has 3 unspecified atom stereocenters. The van der Waals surface area contributed by atoms with Crippen molar-refractivity contribution in [3.05, 3.63) is 0 Å². The minimum atomic E-state index is -4.96. The molecule has 0 amide bonds. The molecular formula is C84H164O17P2. The van der Waals surface area contributed by atoms with E-state index in [2.05, 4.69) is 48.5 Å². The fourth-order valence-electron chi connectivity index (χ4n) is 13.0. The Bertz CT molecular complexity index is 1990. The zero-order valence-corrected chi connectivity index (χ0v) is 69.6. The SMILES string of the molecule is CCCCCCCCCCCCCCCCCCCC(=O)OC[C@H](COP(=O)(O)OC[C@@H](O)COP(=O)(O)OC[C@@H](COC(=O)CCCCCCCCCCCC(C)C)OC(=O)CCCCCCCCCCCCCCCC(C)C)OC(=O)CCCCCCCCCCCCCCCCC(C)CC. The van der Waals surface area contributed by atoms with Gasteiger partial charge in [0, 0.05) is 25.7 Å². The molecule has 0 aromatic carbocycles. The summed E-state index contributed by atoms with van der Waals surface area (Å²) >= 11 is 0. The lowest BCUT2D eigenvalue weighted by Gasteiger charge is -2.21. The van der Waals surface area contributed by atoms with Gasteiger partial charge >= 0.3 is 39.5 Å². The molecule has 103 heavy (non-hydrogen) atoms. The van der Waals surface area contributed by atoms with Crippen molar-refractivity contribution in [2.24, 2.45) is 17.8 Å². The van der Waals surface area contributed by atoms with Gasteiger partial charge in [-0.05, 0) is 43.4 Å². The fraction of sp³-hybridized carbons (Fsp3) is 0.952. The van der Waals surface area contributed by atoms with Gasteiger partial charge in [0.2, 0.25) is 0 Å². The Morgan fingerprint density at radius 1 is 0.282 bits per heavy atom. The number of esters is 4. The molecule has 0 rings (SSSR count). The Hall–Kier alpha value is -1.94. The van der Waals surface area contributed by atoms with Crippen LogP contribution in [0.2, 0.25) is 0 Å². The summed E-state index contributed by atoms with van der Waals surface area (Å²) in [5, 5.41) is 10.7. The van der Waals surface area contributed by atoms with Crippen molar-refractivity contribution in [2.75, 3.05) is 39.6 Å². The lowest BCUT2D eigenvalue weighted by Crippen LogP contribution is -2.30. The van der Waals surface area contributed by atoms with Crippen molar-refractivity contribution in [3.8, 4) is 0 Å². The summed E-state index contributed by atoms with van der Waals surface area (Å²) in [7, 11) is -9.93. The summed E-state index contributed by atoms with van der Waals surface area (Å²) in [6.07, 6.45) is 63.7. The standard InChI is InChI=1S/C84H164O17P2/c1-8-10-11-12-13-14-15-16-17-18-19-25-30-37-44-51-58-65-81(86)94-71-79(100-83(88)67-60-53-46-38-31-26-21-20-24-29-36-43-50-57-64-77(7)9-2)73-98-102(90,91)96-69-78(85)70-97-103(92,93)99-74-80(72-95-82(87)66-59-52-45-40-33-35-42-49-56-63-76(5)6)101-84(89)68-61-54-47-39-32-27-22-23-28-34-41-48-55-62-75(3)4/h75-80,85H,8-74H2,1-7H3,(H,90,91)(H,92,93)/t77?,78-,79-,80-/m1/s1. The summed E-state index contributed by atoms with van der Waals surface area (Å²) < 4.78 is 68.9. The third-order valence-electron chi connectivity index (χ3n) is 20.0. The molecule has 0 fully saturated rings. The Morgan fingerprint density at radius 3 is 0.738 bits per heavy atom. The summed E-state index contributed by atoms with van der Waals surface area (Å²) in [4.78, 5) is 73.2. The molecule has 0 heterocycles. The smallest absolute Gasteiger partial charge is 0.462 e. The van der Waals surface area contributed by atoms with Crippen molar-refractivity contribution in [3.63, 3.8) is 0 Å².